The lowest BCUT2D eigenvalue weighted by molar-refractivity contribution is 0.0343. The molecule has 1 aliphatic rings. The highest BCUT2D eigenvalue weighted by Crippen LogP contribution is 2.23. The van der Waals surface area contributed by atoms with Crippen LogP contribution in [0.15, 0.2) is 24.3 Å². The molecule has 1 aliphatic heterocycles. The first-order valence-corrected chi connectivity index (χ1v) is 9.17. The van der Waals surface area contributed by atoms with Crippen LogP contribution in [0.3, 0.4) is 0 Å². The monoisotopic (exact) mass is 317 g/mol. The maximum atomic E-state index is 5.94. The van der Waals surface area contributed by atoms with Crippen molar-refractivity contribution in [2.75, 3.05) is 20.1 Å². The lowest BCUT2D eigenvalue weighted by Gasteiger charge is -2.24. The van der Waals surface area contributed by atoms with Crippen LogP contribution >= 0.6 is 0 Å². The predicted octanol–water partition coefficient (Wildman–Crippen LogP) is 4.66. The van der Waals surface area contributed by atoms with Gasteiger partial charge >= 0.3 is 0 Å². The summed E-state index contributed by atoms with van der Waals surface area (Å²) in [6, 6.07) is 9.19. The molecule has 23 heavy (non-hydrogen) atoms. The van der Waals surface area contributed by atoms with E-state index in [1.807, 2.05) is 0 Å². The van der Waals surface area contributed by atoms with Gasteiger partial charge in [-0.15, -0.1) is 0 Å². The maximum Gasteiger partial charge on any atom is 0.0706 e. The van der Waals surface area contributed by atoms with Gasteiger partial charge in [-0.05, 0) is 55.7 Å². The molecule has 2 nitrogen and oxygen atoms in total. The van der Waals surface area contributed by atoms with E-state index in [1.54, 1.807) is 0 Å². The third kappa shape index (κ3) is 5.93. The number of benzene rings is 1. The van der Waals surface area contributed by atoms with E-state index in [2.05, 4.69) is 70.8 Å². The normalized spacial score (nSPS) is 23.4. The van der Waals surface area contributed by atoms with Crippen LogP contribution in [0.25, 0.3) is 0 Å². The number of ether oxygens (including phenoxy) is 1. The minimum absolute atomic E-state index is 0.239. The van der Waals surface area contributed by atoms with Crippen molar-refractivity contribution in [3.63, 3.8) is 0 Å². The van der Waals surface area contributed by atoms with E-state index >= 15 is 0 Å². The number of nitrogens with zero attached hydrogens (tertiary/aromatic N) is 1. The molecule has 1 fully saturated rings. The second-order valence-electron chi connectivity index (χ2n) is 8.62. The van der Waals surface area contributed by atoms with Gasteiger partial charge in [0.05, 0.1) is 12.2 Å². The van der Waals surface area contributed by atoms with Crippen molar-refractivity contribution < 1.29 is 4.74 Å². The summed E-state index contributed by atoms with van der Waals surface area (Å²) in [4.78, 5) is 2.44. The SMILES string of the molecule is CC(Cc1ccc(C(C)(C)C)cc1)CN(C)CC1CCC(C)O1. The van der Waals surface area contributed by atoms with Gasteiger partial charge in [0.1, 0.15) is 0 Å². The third-order valence-electron chi connectivity index (χ3n) is 4.86. The molecule has 0 saturated carbocycles. The highest BCUT2D eigenvalue weighted by molar-refractivity contribution is 5.27. The largest absolute Gasteiger partial charge is 0.374 e. The molecule has 0 radical (unpaired) electrons. The van der Waals surface area contributed by atoms with Crippen molar-refractivity contribution >= 4 is 0 Å². The number of hydrogen-bond acceptors (Lipinski definition) is 2. The van der Waals surface area contributed by atoms with Gasteiger partial charge in [-0.1, -0.05) is 52.0 Å². The molecule has 130 valence electrons. The number of likely N-dealkylation sites (N-methyl/N-ethyl adjacent to an activating group) is 1. The fraction of sp³-hybridized carbons (Fsp3) is 0.714. The summed E-state index contributed by atoms with van der Waals surface area (Å²) in [5, 5.41) is 0. The fourth-order valence-electron chi connectivity index (χ4n) is 3.58. The summed E-state index contributed by atoms with van der Waals surface area (Å²) in [7, 11) is 2.23. The summed E-state index contributed by atoms with van der Waals surface area (Å²) < 4.78 is 5.94. The standard InChI is InChI=1S/C21H35NO/c1-16(14-22(6)15-20-12-7-17(2)23-20)13-18-8-10-19(11-9-18)21(3,4)5/h8-11,16-17,20H,7,12-15H2,1-6H3. The van der Waals surface area contributed by atoms with Crippen molar-refractivity contribution in [1.82, 2.24) is 4.90 Å². The van der Waals surface area contributed by atoms with E-state index in [9.17, 15) is 0 Å². The Morgan fingerprint density at radius 2 is 1.83 bits per heavy atom. The Morgan fingerprint density at radius 1 is 1.17 bits per heavy atom. The van der Waals surface area contributed by atoms with Gasteiger partial charge in [-0.25, -0.2) is 0 Å². The van der Waals surface area contributed by atoms with E-state index in [0.29, 0.717) is 18.1 Å². The zero-order valence-corrected chi connectivity index (χ0v) is 15.9. The predicted molar refractivity (Wildman–Crippen MR) is 99.1 cm³/mol. The molecule has 3 unspecified atom stereocenters. The first kappa shape index (κ1) is 18.5. The smallest absolute Gasteiger partial charge is 0.0706 e. The van der Waals surface area contributed by atoms with Crippen molar-refractivity contribution in [2.24, 2.45) is 5.92 Å². The van der Waals surface area contributed by atoms with Crippen LogP contribution in [0.4, 0.5) is 0 Å². The first-order valence-electron chi connectivity index (χ1n) is 9.17. The quantitative estimate of drug-likeness (QED) is 0.756. The minimum Gasteiger partial charge on any atom is -0.374 e. The van der Waals surface area contributed by atoms with Crippen molar-refractivity contribution in [3.05, 3.63) is 35.4 Å². The van der Waals surface area contributed by atoms with Crippen LogP contribution in [0.1, 0.15) is 58.6 Å². The topological polar surface area (TPSA) is 12.5 Å². The second kappa shape index (κ2) is 7.81. The summed E-state index contributed by atoms with van der Waals surface area (Å²) in [5.41, 5.74) is 3.10. The molecule has 1 saturated heterocycles. The van der Waals surface area contributed by atoms with E-state index < -0.39 is 0 Å². The minimum atomic E-state index is 0.239. The molecule has 1 aromatic rings. The van der Waals surface area contributed by atoms with Gasteiger partial charge in [-0.2, -0.15) is 0 Å². The van der Waals surface area contributed by atoms with E-state index in [0.717, 1.165) is 19.5 Å². The zero-order chi connectivity index (χ0) is 17.0. The Labute approximate surface area is 143 Å². The Bertz CT molecular complexity index is 474. The van der Waals surface area contributed by atoms with Crippen LogP contribution in [-0.4, -0.2) is 37.2 Å². The third-order valence-corrected chi connectivity index (χ3v) is 4.86. The summed E-state index contributed by atoms with van der Waals surface area (Å²) in [5.74, 6) is 0.666. The van der Waals surface area contributed by atoms with Crippen LogP contribution in [0.5, 0.6) is 0 Å². The molecule has 0 aliphatic carbocycles. The highest BCUT2D eigenvalue weighted by Gasteiger charge is 2.23. The average molecular weight is 318 g/mol. The van der Waals surface area contributed by atoms with Crippen LogP contribution in [-0.2, 0) is 16.6 Å². The molecule has 3 atom stereocenters. The van der Waals surface area contributed by atoms with Crippen molar-refractivity contribution in [1.29, 1.82) is 0 Å². The highest BCUT2D eigenvalue weighted by atomic mass is 16.5. The Balaban J connectivity index is 1.78. The van der Waals surface area contributed by atoms with Gasteiger partial charge in [-0.3, -0.25) is 0 Å². The Morgan fingerprint density at radius 3 is 2.35 bits per heavy atom. The molecule has 0 amide bonds. The van der Waals surface area contributed by atoms with E-state index in [-0.39, 0.29) is 5.41 Å². The maximum absolute atomic E-state index is 5.94. The molecule has 2 rings (SSSR count). The molecule has 0 aromatic heterocycles. The van der Waals surface area contributed by atoms with E-state index in [4.69, 9.17) is 4.74 Å². The first-order chi connectivity index (χ1) is 10.7. The molecule has 1 heterocycles. The molecular weight excluding hydrogens is 282 g/mol. The number of rotatable bonds is 6. The summed E-state index contributed by atoms with van der Waals surface area (Å²) in [6.45, 7) is 13.5. The van der Waals surface area contributed by atoms with Gasteiger partial charge in [0.2, 0.25) is 0 Å². The van der Waals surface area contributed by atoms with Gasteiger partial charge in [0, 0.05) is 13.1 Å². The fourth-order valence-corrected chi connectivity index (χ4v) is 3.58. The van der Waals surface area contributed by atoms with Gasteiger partial charge in [0.25, 0.3) is 0 Å². The second-order valence-corrected chi connectivity index (χ2v) is 8.62. The molecule has 0 bridgehead atoms. The average Bonchev–Trinajstić information content (AvgIpc) is 2.83. The molecular formula is C21H35NO. The molecule has 2 heteroatoms. The summed E-state index contributed by atoms with van der Waals surface area (Å²) >= 11 is 0. The zero-order valence-electron chi connectivity index (χ0n) is 15.9. The van der Waals surface area contributed by atoms with Gasteiger partial charge < -0.3 is 9.64 Å². The Kier molecular flexibility index (Phi) is 6.27. The van der Waals surface area contributed by atoms with Crippen molar-refractivity contribution in [3.8, 4) is 0 Å². The van der Waals surface area contributed by atoms with Crippen LogP contribution in [0.2, 0.25) is 0 Å². The molecule has 0 N–H and O–H groups in total. The lowest BCUT2D eigenvalue weighted by Crippen LogP contribution is -2.33. The molecule has 0 spiro atoms. The van der Waals surface area contributed by atoms with Gasteiger partial charge in [0.15, 0.2) is 0 Å². The lowest BCUT2D eigenvalue weighted by atomic mass is 9.86. The van der Waals surface area contributed by atoms with Crippen LogP contribution < -0.4 is 0 Å². The van der Waals surface area contributed by atoms with E-state index in [1.165, 1.54) is 24.0 Å². The van der Waals surface area contributed by atoms with Crippen LogP contribution in [0, 0.1) is 5.92 Å². The van der Waals surface area contributed by atoms with Crippen molar-refractivity contribution in [2.45, 2.75) is 71.5 Å². The summed E-state index contributed by atoms with van der Waals surface area (Å²) in [6.07, 6.45) is 4.47. The Hall–Kier alpha value is -0.860. The number of hydrogen-bond donors (Lipinski definition) is 0. The molecule has 1 aromatic carbocycles.